The van der Waals surface area contributed by atoms with Crippen molar-refractivity contribution in [2.24, 2.45) is 0 Å². The number of fused-ring (bicyclic) bond motifs is 1. The molecule has 0 aliphatic rings. The van der Waals surface area contributed by atoms with Gasteiger partial charge in [-0.15, -0.1) is 11.3 Å². The van der Waals surface area contributed by atoms with E-state index in [4.69, 9.17) is 4.42 Å². The Morgan fingerprint density at radius 3 is 3.18 bits per heavy atom. The van der Waals surface area contributed by atoms with Gasteiger partial charge >= 0.3 is 0 Å². The molecule has 0 amide bonds. The van der Waals surface area contributed by atoms with Crippen LogP contribution in [-0.2, 0) is 6.61 Å². The molecule has 1 N–H and O–H groups in total. The van der Waals surface area contributed by atoms with Crippen molar-refractivity contribution in [1.29, 1.82) is 0 Å². The van der Waals surface area contributed by atoms with Crippen molar-refractivity contribution >= 4 is 28.1 Å². The van der Waals surface area contributed by atoms with E-state index < -0.39 is 0 Å². The third-order valence-electron chi connectivity index (χ3n) is 2.49. The van der Waals surface area contributed by atoms with E-state index in [1.807, 2.05) is 29.0 Å². The van der Waals surface area contributed by atoms with Gasteiger partial charge in [-0.3, -0.25) is 4.40 Å². The lowest BCUT2D eigenvalue weighted by atomic mass is 10.5. The van der Waals surface area contributed by atoms with Gasteiger partial charge in [0.05, 0.1) is 23.5 Å². The lowest BCUT2D eigenvalue weighted by Crippen LogP contribution is -1.90. The summed E-state index contributed by atoms with van der Waals surface area (Å²) in [6, 6.07) is 1.91. The molecule has 0 aliphatic heterocycles. The van der Waals surface area contributed by atoms with Crippen LogP contribution in [-0.4, -0.2) is 14.5 Å². The van der Waals surface area contributed by atoms with Gasteiger partial charge in [0.1, 0.15) is 10.8 Å². The Bertz CT molecular complexity index is 653. The Balaban J connectivity index is 2.05. The van der Waals surface area contributed by atoms with Gasteiger partial charge in [0, 0.05) is 11.6 Å². The molecule has 0 fully saturated rings. The molecular weight excluding hydrogens is 256 g/mol. The minimum absolute atomic E-state index is 0.0167. The van der Waals surface area contributed by atoms with E-state index in [1.165, 1.54) is 11.8 Å². The Morgan fingerprint density at radius 2 is 2.47 bits per heavy atom. The molecule has 3 heterocycles. The third-order valence-corrected chi connectivity index (χ3v) is 4.41. The van der Waals surface area contributed by atoms with E-state index in [2.05, 4.69) is 4.98 Å². The van der Waals surface area contributed by atoms with Crippen molar-refractivity contribution in [1.82, 2.24) is 9.38 Å². The second-order valence-electron chi connectivity index (χ2n) is 3.52. The van der Waals surface area contributed by atoms with Crippen LogP contribution < -0.4 is 0 Å². The standard InChI is InChI=1S/C11H10N2O2S2/c1-7-9(2-4-15-7)17-10-8(6-14)13-3-5-16-11(13)12-10/h2-5,14H,6H2,1H3. The van der Waals surface area contributed by atoms with Crippen LogP contribution in [0.2, 0.25) is 0 Å². The largest absolute Gasteiger partial charge is 0.468 e. The van der Waals surface area contributed by atoms with E-state index in [-0.39, 0.29) is 6.61 Å². The third kappa shape index (κ3) is 1.78. The smallest absolute Gasteiger partial charge is 0.195 e. The zero-order valence-corrected chi connectivity index (χ0v) is 10.7. The van der Waals surface area contributed by atoms with Crippen LogP contribution in [0.5, 0.6) is 0 Å². The first kappa shape index (κ1) is 10.9. The highest BCUT2D eigenvalue weighted by Gasteiger charge is 2.15. The first-order valence-corrected chi connectivity index (χ1v) is 6.76. The first-order valence-electron chi connectivity index (χ1n) is 5.07. The summed E-state index contributed by atoms with van der Waals surface area (Å²) in [4.78, 5) is 6.44. The van der Waals surface area contributed by atoms with Crippen molar-refractivity contribution in [3.63, 3.8) is 0 Å². The van der Waals surface area contributed by atoms with E-state index in [9.17, 15) is 5.11 Å². The summed E-state index contributed by atoms with van der Waals surface area (Å²) in [5.74, 6) is 0.871. The molecule has 0 bridgehead atoms. The molecule has 0 saturated carbocycles. The lowest BCUT2D eigenvalue weighted by Gasteiger charge is -1.99. The normalized spacial score (nSPS) is 11.4. The molecule has 17 heavy (non-hydrogen) atoms. The summed E-state index contributed by atoms with van der Waals surface area (Å²) < 4.78 is 7.17. The number of furan rings is 1. The molecular formula is C11H10N2O2S2. The van der Waals surface area contributed by atoms with Crippen molar-refractivity contribution in [3.8, 4) is 0 Å². The summed E-state index contributed by atoms with van der Waals surface area (Å²) in [5.41, 5.74) is 0.826. The van der Waals surface area contributed by atoms with E-state index in [1.54, 1.807) is 17.6 Å². The summed E-state index contributed by atoms with van der Waals surface area (Å²) in [6.07, 6.45) is 3.58. The fourth-order valence-corrected chi connectivity index (χ4v) is 3.35. The predicted octanol–water partition coefficient (Wildman–Crippen LogP) is 2.94. The molecule has 0 spiro atoms. The second kappa shape index (κ2) is 4.21. The number of nitrogens with zero attached hydrogens (tertiary/aromatic N) is 2. The summed E-state index contributed by atoms with van der Waals surface area (Å²) in [7, 11) is 0. The van der Waals surface area contributed by atoms with Crippen molar-refractivity contribution in [2.45, 2.75) is 23.5 Å². The van der Waals surface area contributed by atoms with Crippen LogP contribution >= 0.6 is 23.1 Å². The number of aliphatic hydroxyl groups excluding tert-OH is 1. The maximum absolute atomic E-state index is 9.43. The lowest BCUT2D eigenvalue weighted by molar-refractivity contribution is 0.272. The Hall–Kier alpha value is -1.24. The van der Waals surface area contributed by atoms with Gasteiger partial charge < -0.3 is 9.52 Å². The van der Waals surface area contributed by atoms with Crippen molar-refractivity contribution < 1.29 is 9.52 Å². The van der Waals surface area contributed by atoms with Crippen molar-refractivity contribution in [2.75, 3.05) is 0 Å². The molecule has 0 aliphatic carbocycles. The van der Waals surface area contributed by atoms with Gasteiger partial charge in [-0.25, -0.2) is 4.98 Å². The summed E-state index contributed by atoms with van der Waals surface area (Å²) in [5, 5.41) is 12.2. The zero-order valence-electron chi connectivity index (χ0n) is 9.08. The molecule has 0 radical (unpaired) electrons. The van der Waals surface area contributed by atoms with Crippen LogP contribution in [0, 0.1) is 6.92 Å². The second-order valence-corrected chi connectivity index (χ2v) is 5.42. The minimum Gasteiger partial charge on any atom is -0.468 e. The maximum atomic E-state index is 9.43. The number of aromatic nitrogens is 2. The summed E-state index contributed by atoms with van der Waals surface area (Å²) in [6.45, 7) is 1.90. The number of hydrogen-bond donors (Lipinski definition) is 1. The quantitative estimate of drug-likeness (QED) is 0.792. The average molecular weight is 266 g/mol. The van der Waals surface area contributed by atoms with Crippen LogP contribution in [0.25, 0.3) is 4.96 Å². The minimum atomic E-state index is -0.0167. The molecule has 6 heteroatoms. The molecule has 0 saturated heterocycles. The highest BCUT2D eigenvalue weighted by atomic mass is 32.2. The molecule has 3 aromatic rings. The molecule has 3 rings (SSSR count). The number of imidazole rings is 1. The zero-order chi connectivity index (χ0) is 11.8. The monoisotopic (exact) mass is 266 g/mol. The van der Waals surface area contributed by atoms with Gasteiger partial charge in [0.15, 0.2) is 4.96 Å². The van der Waals surface area contributed by atoms with E-state index in [0.29, 0.717) is 0 Å². The van der Waals surface area contributed by atoms with Crippen LogP contribution in [0.1, 0.15) is 11.5 Å². The van der Waals surface area contributed by atoms with Crippen LogP contribution in [0.4, 0.5) is 0 Å². The fraction of sp³-hybridized carbons (Fsp3) is 0.182. The van der Waals surface area contributed by atoms with Crippen LogP contribution in [0.3, 0.4) is 0 Å². The summed E-state index contributed by atoms with van der Waals surface area (Å²) >= 11 is 3.08. The molecule has 0 unspecified atom stereocenters. The molecule has 88 valence electrons. The van der Waals surface area contributed by atoms with Crippen molar-refractivity contribution in [3.05, 3.63) is 35.4 Å². The van der Waals surface area contributed by atoms with Gasteiger partial charge in [0.25, 0.3) is 0 Å². The highest BCUT2D eigenvalue weighted by Crippen LogP contribution is 2.33. The molecule has 0 atom stereocenters. The van der Waals surface area contributed by atoms with Gasteiger partial charge in [0.2, 0.25) is 0 Å². The SMILES string of the molecule is Cc1occc1Sc1nc2sccn2c1CO. The maximum Gasteiger partial charge on any atom is 0.195 e. The fourth-order valence-electron chi connectivity index (χ4n) is 1.62. The van der Waals surface area contributed by atoms with Gasteiger partial charge in [-0.05, 0) is 13.0 Å². The number of hydrogen-bond acceptors (Lipinski definition) is 5. The van der Waals surface area contributed by atoms with E-state index in [0.717, 1.165) is 26.3 Å². The number of thiazole rings is 1. The highest BCUT2D eigenvalue weighted by molar-refractivity contribution is 7.99. The van der Waals surface area contributed by atoms with Gasteiger partial charge in [-0.1, -0.05) is 11.8 Å². The number of aliphatic hydroxyl groups is 1. The Labute approximate surface area is 106 Å². The Morgan fingerprint density at radius 1 is 1.59 bits per heavy atom. The number of rotatable bonds is 3. The Kier molecular flexibility index (Phi) is 2.70. The molecule has 4 nitrogen and oxygen atoms in total. The van der Waals surface area contributed by atoms with Gasteiger partial charge in [-0.2, -0.15) is 0 Å². The predicted molar refractivity (Wildman–Crippen MR) is 66.6 cm³/mol. The number of aryl methyl sites for hydroxylation is 1. The molecule has 3 aromatic heterocycles. The topological polar surface area (TPSA) is 50.7 Å². The van der Waals surface area contributed by atoms with E-state index >= 15 is 0 Å². The first-order chi connectivity index (χ1) is 8.29. The molecule has 0 aromatic carbocycles. The van der Waals surface area contributed by atoms with Crippen LogP contribution in [0.15, 0.2) is 38.2 Å². The average Bonchev–Trinajstić information content (AvgIpc) is 2.96.